The monoisotopic (exact) mass is 302 g/mol. The first kappa shape index (κ1) is 14.9. The number of benzene rings is 2. The van der Waals surface area contributed by atoms with Crippen molar-refractivity contribution in [2.75, 3.05) is 16.9 Å². The van der Waals surface area contributed by atoms with Crippen molar-refractivity contribution in [3.8, 4) is 0 Å². The van der Waals surface area contributed by atoms with Crippen molar-refractivity contribution in [2.45, 2.75) is 18.2 Å². The maximum absolute atomic E-state index is 5.40. The van der Waals surface area contributed by atoms with Gasteiger partial charge in [-0.25, -0.2) is 0 Å². The summed E-state index contributed by atoms with van der Waals surface area (Å²) in [5.41, 5.74) is 3.36. The third-order valence-electron chi connectivity index (χ3n) is 3.00. The van der Waals surface area contributed by atoms with Crippen molar-refractivity contribution in [1.82, 2.24) is 0 Å². The van der Waals surface area contributed by atoms with Crippen LogP contribution in [0.3, 0.4) is 0 Å². The van der Waals surface area contributed by atoms with Gasteiger partial charge >= 0.3 is 0 Å². The molecule has 0 heterocycles. The predicted molar refractivity (Wildman–Crippen MR) is 93.9 cm³/mol. The van der Waals surface area contributed by atoms with Crippen LogP contribution in [0, 0.1) is 0 Å². The third-order valence-corrected chi connectivity index (χ3v) is 4.00. The molecule has 2 N–H and O–H groups in total. The summed E-state index contributed by atoms with van der Waals surface area (Å²) in [5.74, 6) is 0. The lowest BCUT2D eigenvalue weighted by molar-refractivity contribution is 1.14. The van der Waals surface area contributed by atoms with Crippen LogP contribution in [0.2, 0.25) is 0 Å². The Morgan fingerprint density at radius 1 is 1.00 bits per heavy atom. The average molecular weight is 302 g/mol. The van der Waals surface area contributed by atoms with E-state index in [2.05, 4.69) is 35.9 Å². The Balaban J connectivity index is 2.09. The highest BCUT2D eigenvalue weighted by Gasteiger charge is 2.05. The number of thiocarbonyl (C=S) groups is 1. The van der Waals surface area contributed by atoms with E-state index < -0.39 is 0 Å². The van der Waals surface area contributed by atoms with Gasteiger partial charge in [0.2, 0.25) is 0 Å². The van der Waals surface area contributed by atoms with Crippen LogP contribution in [0.5, 0.6) is 0 Å². The Bertz CT molecular complexity index is 545. The molecule has 0 aliphatic heterocycles. The Labute approximate surface area is 130 Å². The number of rotatable bonds is 4. The molecule has 104 valence electrons. The molecule has 2 rings (SSSR count). The van der Waals surface area contributed by atoms with E-state index in [4.69, 9.17) is 12.2 Å². The molecule has 0 spiro atoms. The fraction of sp³-hybridized carbons (Fsp3) is 0.188. The Morgan fingerprint density at radius 2 is 1.60 bits per heavy atom. The quantitative estimate of drug-likeness (QED) is 0.627. The highest BCUT2D eigenvalue weighted by atomic mass is 32.2. The van der Waals surface area contributed by atoms with Gasteiger partial charge in [-0.2, -0.15) is 0 Å². The maximum Gasteiger partial charge on any atom is 0.175 e. The number of hydrogen-bond donors (Lipinski definition) is 2. The molecule has 0 atom stereocenters. The van der Waals surface area contributed by atoms with E-state index in [0.29, 0.717) is 5.11 Å². The van der Waals surface area contributed by atoms with Gasteiger partial charge in [0.15, 0.2) is 5.11 Å². The fourth-order valence-corrected chi connectivity index (χ4v) is 2.75. The van der Waals surface area contributed by atoms with Crippen LogP contribution in [-0.2, 0) is 6.42 Å². The van der Waals surface area contributed by atoms with Crippen LogP contribution in [-0.4, -0.2) is 11.4 Å². The Morgan fingerprint density at radius 3 is 2.30 bits per heavy atom. The minimum atomic E-state index is 0.618. The highest BCUT2D eigenvalue weighted by Crippen LogP contribution is 2.25. The summed E-state index contributed by atoms with van der Waals surface area (Å²) in [6, 6.07) is 16.4. The van der Waals surface area contributed by atoms with Gasteiger partial charge in [0.25, 0.3) is 0 Å². The molecule has 0 aliphatic carbocycles. The molecular weight excluding hydrogens is 284 g/mol. The third kappa shape index (κ3) is 3.74. The van der Waals surface area contributed by atoms with Crippen LogP contribution in [0.25, 0.3) is 0 Å². The first-order chi connectivity index (χ1) is 9.74. The molecule has 0 aliphatic rings. The van der Waals surface area contributed by atoms with Crippen molar-refractivity contribution in [3.63, 3.8) is 0 Å². The summed E-state index contributed by atoms with van der Waals surface area (Å²) >= 11 is 7.10. The van der Waals surface area contributed by atoms with E-state index in [9.17, 15) is 0 Å². The lowest BCUT2D eigenvalue weighted by atomic mass is 10.1. The van der Waals surface area contributed by atoms with Crippen LogP contribution in [0.4, 0.5) is 11.4 Å². The van der Waals surface area contributed by atoms with E-state index in [1.54, 1.807) is 11.8 Å². The van der Waals surface area contributed by atoms with Gasteiger partial charge < -0.3 is 10.6 Å². The SMILES string of the molecule is CCc1ccccc1NC(=S)Nc1ccccc1SC. The molecule has 0 saturated carbocycles. The minimum absolute atomic E-state index is 0.618. The second-order valence-electron chi connectivity index (χ2n) is 4.29. The van der Waals surface area contributed by atoms with Gasteiger partial charge in [-0.05, 0) is 48.7 Å². The van der Waals surface area contributed by atoms with Gasteiger partial charge in [0.05, 0.1) is 5.69 Å². The average Bonchev–Trinajstić information content (AvgIpc) is 2.48. The summed E-state index contributed by atoms with van der Waals surface area (Å²) in [4.78, 5) is 1.18. The molecule has 0 saturated heterocycles. The van der Waals surface area contributed by atoms with Gasteiger partial charge in [-0.3, -0.25) is 0 Å². The van der Waals surface area contributed by atoms with Crippen LogP contribution in [0.15, 0.2) is 53.4 Å². The molecule has 2 aromatic rings. The fourth-order valence-electron chi connectivity index (χ4n) is 1.97. The van der Waals surface area contributed by atoms with Crippen LogP contribution >= 0.6 is 24.0 Å². The van der Waals surface area contributed by atoms with Gasteiger partial charge in [0, 0.05) is 10.6 Å². The highest BCUT2D eigenvalue weighted by molar-refractivity contribution is 7.98. The lowest BCUT2D eigenvalue weighted by Gasteiger charge is -2.15. The second-order valence-corrected chi connectivity index (χ2v) is 5.55. The number of para-hydroxylation sites is 2. The van der Waals surface area contributed by atoms with E-state index in [1.165, 1.54) is 10.5 Å². The number of nitrogens with one attached hydrogen (secondary N) is 2. The normalized spacial score (nSPS) is 10.1. The first-order valence-corrected chi connectivity index (χ1v) is 8.16. The van der Waals surface area contributed by atoms with E-state index in [0.717, 1.165) is 17.8 Å². The molecule has 0 bridgehead atoms. The zero-order valence-electron chi connectivity index (χ0n) is 11.6. The molecule has 20 heavy (non-hydrogen) atoms. The number of anilines is 2. The maximum atomic E-state index is 5.40. The molecular formula is C16H18N2S2. The molecule has 0 unspecified atom stereocenters. The smallest absolute Gasteiger partial charge is 0.175 e. The number of hydrogen-bond acceptors (Lipinski definition) is 2. The minimum Gasteiger partial charge on any atom is -0.332 e. The van der Waals surface area contributed by atoms with Crippen molar-refractivity contribution in [2.24, 2.45) is 0 Å². The molecule has 4 heteroatoms. The van der Waals surface area contributed by atoms with E-state index >= 15 is 0 Å². The van der Waals surface area contributed by atoms with Crippen LogP contribution in [0.1, 0.15) is 12.5 Å². The van der Waals surface area contributed by atoms with Crippen molar-refractivity contribution in [3.05, 3.63) is 54.1 Å². The largest absolute Gasteiger partial charge is 0.332 e. The molecule has 0 aromatic heterocycles. The van der Waals surface area contributed by atoms with E-state index in [1.807, 2.05) is 36.4 Å². The van der Waals surface area contributed by atoms with Crippen molar-refractivity contribution >= 4 is 40.5 Å². The van der Waals surface area contributed by atoms with Gasteiger partial charge in [-0.15, -0.1) is 11.8 Å². The second kappa shape index (κ2) is 7.31. The van der Waals surface area contributed by atoms with E-state index in [-0.39, 0.29) is 0 Å². The molecule has 0 fully saturated rings. The summed E-state index contributed by atoms with van der Waals surface area (Å²) < 4.78 is 0. The lowest BCUT2D eigenvalue weighted by Crippen LogP contribution is -2.20. The Kier molecular flexibility index (Phi) is 5.44. The molecule has 2 nitrogen and oxygen atoms in total. The number of aryl methyl sites for hydroxylation is 1. The molecule has 0 amide bonds. The number of thioether (sulfide) groups is 1. The van der Waals surface area contributed by atoms with Gasteiger partial charge in [-0.1, -0.05) is 37.3 Å². The zero-order chi connectivity index (χ0) is 14.4. The van der Waals surface area contributed by atoms with Gasteiger partial charge in [0.1, 0.15) is 0 Å². The predicted octanol–water partition coefficient (Wildman–Crippen LogP) is 4.78. The zero-order valence-corrected chi connectivity index (χ0v) is 13.3. The first-order valence-electron chi connectivity index (χ1n) is 6.53. The molecule has 2 aromatic carbocycles. The summed E-state index contributed by atoms with van der Waals surface area (Å²) in [5, 5.41) is 7.15. The Hall–Kier alpha value is -1.52. The van der Waals surface area contributed by atoms with Crippen LogP contribution < -0.4 is 10.6 Å². The van der Waals surface area contributed by atoms with Crippen molar-refractivity contribution in [1.29, 1.82) is 0 Å². The standard InChI is InChI=1S/C16H18N2S2/c1-3-12-8-4-5-9-13(12)17-16(19)18-14-10-6-7-11-15(14)20-2/h4-11H,3H2,1-2H3,(H2,17,18,19). The van der Waals surface area contributed by atoms with Crippen molar-refractivity contribution < 1.29 is 0 Å². The molecule has 0 radical (unpaired) electrons. The summed E-state index contributed by atoms with van der Waals surface area (Å²) in [6.45, 7) is 2.14. The summed E-state index contributed by atoms with van der Waals surface area (Å²) in [7, 11) is 0. The summed E-state index contributed by atoms with van der Waals surface area (Å²) in [6.07, 6.45) is 3.04. The topological polar surface area (TPSA) is 24.1 Å².